The fourth-order valence-electron chi connectivity index (χ4n) is 1.50. The number of nitrogen functional groups attached to an aromatic ring is 1. The molecule has 0 amide bonds. The van der Waals surface area contributed by atoms with Crippen LogP contribution in [-0.2, 0) is 0 Å². The molecule has 18 heavy (non-hydrogen) atoms. The zero-order chi connectivity index (χ0) is 13.3. The first-order valence-corrected chi connectivity index (χ1v) is 6.71. The molecule has 0 aliphatic heterocycles. The zero-order valence-electron chi connectivity index (χ0n) is 9.60. The van der Waals surface area contributed by atoms with E-state index >= 15 is 0 Å². The van der Waals surface area contributed by atoms with Gasteiger partial charge in [-0.3, -0.25) is 0 Å². The van der Waals surface area contributed by atoms with Crippen LogP contribution in [0.1, 0.15) is 5.56 Å². The number of anilines is 3. The van der Waals surface area contributed by atoms with Crippen molar-refractivity contribution in [2.45, 2.75) is 6.92 Å². The summed E-state index contributed by atoms with van der Waals surface area (Å²) in [4.78, 5) is 0. The average Bonchev–Trinajstić information content (AvgIpc) is 2.31. The number of benzene rings is 2. The van der Waals surface area contributed by atoms with E-state index in [1.165, 1.54) is 6.07 Å². The molecule has 2 aromatic rings. The Bertz CT molecular complexity index is 602. The Kier molecular flexibility index (Phi) is 3.97. The Labute approximate surface area is 123 Å². The summed E-state index contributed by atoms with van der Waals surface area (Å²) in [6, 6.07) is 8.52. The molecule has 0 unspecified atom stereocenters. The highest BCUT2D eigenvalue weighted by atomic mass is 127. The van der Waals surface area contributed by atoms with E-state index in [9.17, 15) is 4.39 Å². The molecule has 0 bridgehead atoms. The van der Waals surface area contributed by atoms with Crippen molar-refractivity contribution in [2.75, 3.05) is 11.1 Å². The molecule has 5 heteroatoms. The summed E-state index contributed by atoms with van der Waals surface area (Å²) in [6.07, 6.45) is 0. The Hall–Kier alpha value is -1.01. The maximum absolute atomic E-state index is 13.5. The predicted molar refractivity (Wildman–Crippen MR) is 83.0 cm³/mol. The fourth-order valence-corrected chi connectivity index (χ4v) is 2.17. The van der Waals surface area contributed by atoms with Crippen LogP contribution in [0.4, 0.5) is 21.5 Å². The van der Waals surface area contributed by atoms with Gasteiger partial charge in [-0.15, -0.1) is 0 Å². The van der Waals surface area contributed by atoms with E-state index in [1.807, 2.05) is 41.6 Å². The van der Waals surface area contributed by atoms with Crippen molar-refractivity contribution in [1.82, 2.24) is 0 Å². The first-order valence-electron chi connectivity index (χ1n) is 5.25. The first kappa shape index (κ1) is 13.4. The van der Waals surface area contributed by atoms with Gasteiger partial charge in [-0.05, 0) is 53.3 Å². The Morgan fingerprint density at radius 3 is 2.67 bits per heavy atom. The molecule has 0 aliphatic carbocycles. The molecule has 0 aliphatic rings. The van der Waals surface area contributed by atoms with Gasteiger partial charge in [0, 0.05) is 16.8 Å². The molecule has 0 spiro atoms. The van der Waals surface area contributed by atoms with Crippen molar-refractivity contribution in [1.29, 1.82) is 0 Å². The topological polar surface area (TPSA) is 38.0 Å². The smallest absolute Gasteiger partial charge is 0.138 e. The molecule has 0 aromatic heterocycles. The van der Waals surface area contributed by atoms with Crippen molar-refractivity contribution in [3.05, 3.63) is 50.3 Å². The first-order chi connectivity index (χ1) is 8.47. The lowest BCUT2D eigenvalue weighted by molar-refractivity contribution is 0.621. The lowest BCUT2D eigenvalue weighted by Crippen LogP contribution is -1.98. The third kappa shape index (κ3) is 2.87. The molecule has 0 heterocycles. The maximum Gasteiger partial charge on any atom is 0.138 e. The molecule has 2 nitrogen and oxygen atoms in total. The quantitative estimate of drug-likeness (QED) is 0.588. The van der Waals surface area contributed by atoms with Crippen LogP contribution in [0.5, 0.6) is 0 Å². The van der Waals surface area contributed by atoms with Crippen LogP contribution >= 0.6 is 34.2 Å². The largest absolute Gasteiger partial charge is 0.397 e. The molecule has 94 valence electrons. The number of hydrogen-bond acceptors (Lipinski definition) is 2. The highest BCUT2D eigenvalue weighted by molar-refractivity contribution is 14.1. The molecular formula is C13H11ClFIN2. The van der Waals surface area contributed by atoms with E-state index in [0.29, 0.717) is 20.0 Å². The molecule has 0 radical (unpaired) electrons. The normalized spacial score (nSPS) is 10.4. The van der Waals surface area contributed by atoms with E-state index in [1.54, 1.807) is 12.1 Å². The minimum Gasteiger partial charge on any atom is -0.397 e. The second kappa shape index (κ2) is 5.32. The van der Waals surface area contributed by atoms with Gasteiger partial charge >= 0.3 is 0 Å². The third-order valence-electron chi connectivity index (χ3n) is 2.54. The van der Waals surface area contributed by atoms with Gasteiger partial charge in [-0.1, -0.05) is 17.7 Å². The monoisotopic (exact) mass is 376 g/mol. The lowest BCUT2D eigenvalue weighted by Gasteiger charge is -2.11. The molecule has 2 aromatic carbocycles. The standard InChI is InChI=1S/C13H11ClFIN2/c1-7-2-3-8(4-9(7)14)18-13-5-10(15)11(16)6-12(13)17/h2-6,18H,17H2,1H3. The molecular weight excluding hydrogens is 366 g/mol. The molecule has 0 atom stereocenters. The second-order valence-electron chi connectivity index (χ2n) is 3.94. The summed E-state index contributed by atoms with van der Waals surface area (Å²) in [7, 11) is 0. The number of nitrogens with two attached hydrogens (primary N) is 1. The Balaban J connectivity index is 2.34. The van der Waals surface area contributed by atoms with Gasteiger partial charge in [0.05, 0.1) is 14.9 Å². The number of halogens is 3. The lowest BCUT2D eigenvalue weighted by atomic mass is 10.2. The molecule has 0 saturated heterocycles. The van der Waals surface area contributed by atoms with Gasteiger partial charge in [0.2, 0.25) is 0 Å². The SMILES string of the molecule is Cc1ccc(Nc2cc(F)c(I)cc2N)cc1Cl. The predicted octanol–water partition coefficient (Wildman–Crippen LogP) is 4.72. The Morgan fingerprint density at radius 2 is 2.00 bits per heavy atom. The van der Waals surface area contributed by atoms with E-state index in [-0.39, 0.29) is 5.82 Å². The summed E-state index contributed by atoms with van der Waals surface area (Å²) in [5.41, 5.74) is 8.64. The number of aryl methyl sites for hydroxylation is 1. The van der Waals surface area contributed by atoms with Crippen LogP contribution < -0.4 is 11.1 Å². The van der Waals surface area contributed by atoms with E-state index in [0.717, 1.165) is 11.3 Å². The summed E-state index contributed by atoms with van der Waals surface area (Å²) in [5, 5.41) is 3.71. The van der Waals surface area contributed by atoms with Gasteiger partial charge < -0.3 is 11.1 Å². The third-order valence-corrected chi connectivity index (χ3v) is 3.78. The average molecular weight is 377 g/mol. The molecule has 2 rings (SSSR count). The molecule has 0 saturated carbocycles. The van der Waals surface area contributed by atoms with E-state index in [4.69, 9.17) is 17.3 Å². The second-order valence-corrected chi connectivity index (χ2v) is 5.51. The molecule has 0 fully saturated rings. The van der Waals surface area contributed by atoms with Crippen LogP contribution in [0.3, 0.4) is 0 Å². The van der Waals surface area contributed by atoms with Gasteiger partial charge in [0.15, 0.2) is 0 Å². The van der Waals surface area contributed by atoms with Gasteiger partial charge in [0.1, 0.15) is 5.82 Å². The summed E-state index contributed by atoms with van der Waals surface area (Å²) in [6.45, 7) is 1.92. The number of nitrogens with one attached hydrogen (secondary N) is 1. The highest BCUT2D eigenvalue weighted by Gasteiger charge is 2.06. The number of rotatable bonds is 2. The van der Waals surface area contributed by atoms with Crippen LogP contribution in [0, 0.1) is 16.3 Å². The van der Waals surface area contributed by atoms with Crippen molar-refractivity contribution >= 4 is 51.3 Å². The van der Waals surface area contributed by atoms with Crippen molar-refractivity contribution in [3.63, 3.8) is 0 Å². The fraction of sp³-hybridized carbons (Fsp3) is 0.0769. The maximum atomic E-state index is 13.5. The van der Waals surface area contributed by atoms with Gasteiger partial charge in [0.25, 0.3) is 0 Å². The zero-order valence-corrected chi connectivity index (χ0v) is 12.5. The molecule has 3 N–H and O–H groups in total. The number of hydrogen-bond donors (Lipinski definition) is 2. The van der Waals surface area contributed by atoms with Crippen molar-refractivity contribution in [3.8, 4) is 0 Å². The van der Waals surface area contributed by atoms with Gasteiger partial charge in [-0.25, -0.2) is 4.39 Å². The van der Waals surface area contributed by atoms with Crippen molar-refractivity contribution < 1.29 is 4.39 Å². The van der Waals surface area contributed by atoms with Crippen LogP contribution in [0.15, 0.2) is 30.3 Å². The van der Waals surface area contributed by atoms with Crippen LogP contribution in [0.2, 0.25) is 5.02 Å². The highest BCUT2D eigenvalue weighted by Crippen LogP contribution is 2.28. The van der Waals surface area contributed by atoms with Crippen molar-refractivity contribution in [2.24, 2.45) is 0 Å². The Morgan fingerprint density at radius 1 is 1.28 bits per heavy atom. The van der Waals surface area contributed by atoms with Crippen LogP contribution in [-0.4, -0.2) is 0 Å². The summed E-state index contributed by atoms with van der Waals surface area (Å²) in [5.74, 6) is -0.300. The minimum atomic E-state index is -0.300. The minimum absolute atomic E-state index is 0.300. The summed E-state index contributed by atoms with van der Waals surface area (Å²) >= 11 is 7.93. The van der Waals surface area contributed by atoms with E-state index < -0.39 is 0 Å². The summed E-state index contributed by atoms with van der Waals surface area (Å²) < 4.78 is 14.0. The van der Waals surface area contributed by atoms with Crippen LogP contribution in [0.25, 0.3) is 0 Å². The van der Waals surface area contributed by atoms with E-state index in [2.05, 4.69) is 5.32 Å². The van der Waals surface area contributed by atoms with Gasteiger partial charge in [-0.2, -0.15) is 0 Å².